The van der Waals surface area contributed by atoms with E-state index in [-0.39, 0.29) is 6.61 Å². The Bertz CT molecular complexity index is 308. The normalized spacial score (nSPS) is 12.1. The first kappa shape index (κ1) is 11.3. The minimum Gasteiger partial charge on any atom is -0.493 e. The Morgan fingerprint density at radius 3 is 2.57 bits per heavy atom. The molecule has 1 atom stereocenters. The van der Waals surface area contributed by atoms with Crippen LogP contribution >= 0.6 is 22.6 Å². The van der Waals surface area contributed by atoms with Gasteiger partial charge < -0.3 is 9.84 Å². The van der Waals surface area contributed by atoms with Crippen LogP contribution in [0.1, 0.15) is 6.92 Å². The average Bonchev–Trinajstić information content (AvgIpc) is 2.16. The first-order chi connectivity index (χ1) is 6.59. The molecule has 3 nitrogen and oxygen atoms in total. The summed E-state index contributed by atoms with van der Waals surface area (Å²) < 4.78 is 6.43. The number of aliphatic carboxylic acids is 1. The van der Waals surface area contributed by atoms with Gasteiger partial charge in [0, 0.05) is 3.57 Å². The lowest BCUT2D eigenvalue weighted by atomic mass is 10.2. The van der Waals surface area contributed by atoms with E-state index < -0.39 is 11.9 Å². The van der Waals surface area contributed by atoms with Gasteiger partial charge in [-0.2, -0.15) is 0 Å². The molecule has 0 saturated carbocycles. The third-order valence-electron chi connectivity index (χ3n) is 1.74. The van der Waals surface area contributed by atoms with Crippen LogP contribution < -0.4 is 4.74 Å². The van der Waals surface area contributed by atoms with E-state index in [0.717, 1.165) is 3.57 Å². The third-order valence-corrected chi connectivity index (χ3v) is 2.45. The average molecular weight is 306 g/mol. The second kappa shape index (κ2) is 5.19. The number of carboxylic acid groups (broad SMARTS) is 1. The zero-order valence-electron chi connectivity index (χ0n) is 7.74. The molecule has 0 aromatic heterocycles. The molecule has 1 aromatic rings. The summed E-state index contributed by atoms with van der Waals surface area (Å²) in [6.45, 7) is 1.82. The van der Waals surface area contributed by atoms with Gasteiger partial charge in [0.25, 0.3) is 0 Å². The molecule has 0 radical (unpaired) electrons. The Balaban J connectivity index is 2.46. The molecular weight excluding hydrogens is 295 g/mol. The zero-order chi connectivity index (χ0) is 10.6. The van der Waals surface area contributed by atoms with Crippen LogP contribution in [-0.2, 0) is 4.79 Å². The summed E-state index contributed by atoms with van der Waals surface area (Å²) in [5.74, 6) is -0.608. The second-order valence-electron chi connectivity index (χ2n) is 3.00. The number of ether oxygens (including phenoxy) is 1. The van der Waals surface area contributed by atoms with E-state index in [1.165, 1.54) is 0 Å². The van der Waals surface area contributed by atoms with Gasteiger partial charge in [0.05, 0.1) is 5.92 Å². The van der Waals surface area contributed by atoms with Crippen molar-refractivity contribution in [2.75, 3.05) is 6.61 Å². The van der Waals surface area contributed by atoms with Crippen molar-refractivity contribution in [1.29, 1.82) is 0 Å². The maximum Gasteiger partial charge on any atom is 0.309 e. The summed E-state index contributed by atoms with van der Waals surface area (Å²) in [5.41, 5.74) is 0. The highest BCUT2D eigenvalue weighted by Gasteiger charge is 2.10. The van der Waals surface area contributed by atoms with Gasteiger partial charge >= 0.3 is 5.97 Å². The molecule has 14 heavy (non-hydrogen) atoms. The fraction of sp³-hybridized carbons (Fsp3) is 0.300. The van der Waals surface area contributed by atoms with Gasteiger partial charge in [0.15, 0.2) is 0 Å². The molecule has 4 heteroatoms. The number of carbonyl (C=O) groups is 1. The molecule has 1 aromatic carbocycles. The second-order valence-corrected chi connectivity index (χ2v) is 4.25. The van der Waals surface area contributed by atoms with Crippen LogP contribution in [0.25, 0.3) is 0 Å². The maximum absolute atomic E-state index is 10.5. The van der Waals surface area contributed by atoms with Gasteiger partial charge in [-0.05, 0) is 53.8 Å². The molecule has 76 valence electrons. The standard InChI is InChI=1S/C10H11IO3/c1-7(10(12)13)6-14-9-4-2-8(11)3-5-9/h2-5,7H,6H2,1H3,(H,12,13). The molecular formula is C10H11IO3. The van der Waals surface area contributed by atoms with Gasteiger partial charge in [-0.3, -0.25) is 4.79 Å². The number of hydrogen-bond acceptors (Lipinski definition) is 2. The molecule has 0 heterocycles. The topological polar surface area (TPSA) is 46.5 Å². The number of carboxylic acids is 1. The van der Waals surface area contributed by atoms with E-state index in [0.29, 0.717) is 5.75 Å². The smallest absolute Gasteiger partial charge is 0.309 e. The number of benzene rings is 1. The molecule has 0 aliphatic heterocycles. The maximum atomic E-state index is 10.5. The van der Waals surface area contributed by atoms with E-state index in [2.05, 4.69) is 22.6 Å². The molecule has 1 rings (SSSR count). The SMILES string of the molecule is CC(COc1ccc(I)cc1)C(=O)O. The van der Waals surface area contributed by atoms with Gasteiger partial charge in [0.2, 0.25) is 0 Å². The van der Waals surface area contributed by atoms with Crippen molar-refractivity contribution >= 4 is 28.6 Å². The summed E-state index contributed by atoms with van der Waals surface area (Å²) in [6, 6.07) is 7.50. The summed E-state index contributed by atoms with van der Waals surface area (Å²) >= 11 is 2.20. The molecule has 1 unspecified atom stereocenters. The lowest BCUT2D eigenvalue weighted by Gasteiger charge is -2.08. The van der Waals surface area contributed by atoms with Crippen molar-refractivity contribution in [2.45, 2.75) is 6.92 Å². The van der Waals surface area contributed by atoms with Crippen LogP contribution in [-0.4, -0.2) is 17.7 Å². The molecule has 0 aliphatic carbocycles. The van der Waals surface area contributed by atoms with Crippen molar-refractivity contribution in [3.05, 3.63) is 27.8 Å². The van der Waals surface area contributed by atoms with Crippen molar-refractivity contribution in [3.8, 4) is 5.75 Å². The van der Waals surface area contributed by atoms with Crippen LogP contribution in [0.5, 0.6) is 5.75 Å². The Kier molecular flexibility index (Phi) is 4.19. The first-order valence-corrected chi connectivity index (χ1v) is 5.28. The highest BCUT2D eigenvalue weighted by molar-refractivity contribution is 14.1. The van der Waals surface area contributed by atoms with E-state index in [1.54, 1.807) is 6.92 Å². The minimum atomic E-state index is -0.837. The molecule has 0 amide bonds. The van der Waals surface area contributed by atoms with E-state index >= 15 is 0 Å². The largest absolute Gasteiger partial charge is 0.493 e. The number of hydrogen-bond donors (Lipinski definition) is 1. The molecule has 1 N–H and O–H groups in total. The number of rotatable bonds is 4. The summed E-state index contributed by atoms with van der Waals surface area (Å²) in [5, 5.41) is 8.62. The van der Waals surface area contributed by atoms with Crippen LogP contribution in [0.3, 0.4) is 0 Å². The van der Waals surface area contributed by atoms with Crippen molar-refractivity contribution in [1.82, 2.24) is 0 Å². The number of halogens is 1. The fourth-order valence-electron chi connectivity index (χ4n) is 0.823. The molecule has 0 aliphatic rings. The summed E-state index contributed by atoms with van der Waals surface area (Å²) in [7, 11) is 0. The molecule has 0 fully saturated rings. The molecule has 0 saturated heterocycles. The highest BCUT2D eigenvalue weighted by Crippen LogP contribution is 2.14. The predicted octanol–water partition coefficient (Wildman–Crippen LogP) is 2.39. The lowest BCUT2D eigenvalue weighted by molar-refractivity contribution is -0.142. The predicted molar refractivity (Wildman–Crippen MR) is 61.5 cm³/mol. The van der Waals surface area contributed by atoms with Crippen molar-refractivity contribution in [3.63, 3.8) is 0 Å². The fourth-order valence-corrected chi connectivity index (χ4v) is 1.18. The van der Waals surface area contributed by atoms with E-state index in [1.807, 2.05) is 24.3 Å². The van der Waals surface area contributed by atoms with Crippen LogP contribution in [0.4, 0.5) is 0 Å². The Labute approximate surface area is 96.2 Å². The monoisotopic (exact) mass is 306 g/mol. The molecule has 0 spiro atoms. The van der Waals surface area contributed by atoms with Gasteiger partial charge in [-0.15, -0.1) is 0 Å². The Morgan fingerprint density at radius 2 is 2.07 bits per heavy atom. The van der Waals surface area contributed by atoms with Gasteiger partial charge in [-0.25, -0.2) is 0 Å². The summed E-state index contributed by atoms with van der Waals surface area (Å²) in [4.78, 5) is 10.5. The quantitative estimate of drug-likeness (QED) is 0.869. The Hall–Kier alpha value is -0.780. The molecule has 0 bridgehead atoms. The van der Waals surface area contributed by atoms with Crippen LogP contribution in [0.2, 0.25) is 0 Å². The van der Waals surface area contributed by atoms with Gasteiger partial charge in [0.1, 0.15) is 12.4 Å². The first-order valence-electron chi connectivity index (χ1n) is 4.21. The lowest BCUT2D eigenvalue weighted by Crippen LogP contribution is -2.17. The third kappa shape index (κ3) is 3.53. The minimum absolute atomic E-state index is 0.204. The highest BCUT2D eigenvalue weighted by atomic mass is 127. The van der Waals surface area contributed by atoms with E-state index in [9.17, 15) is 4.79 Å². The van der Waals surface area contributed by atoms with Crippen LogP contribution in [0, 0.1) is 9.49 Å². The zero-order valence-corrected chi connectivity index (χ0v) is 9.89. The van der Waals surface area contributed by atoms with E-state index in [4.69, 9.17) is 9.84 Å². The summed E-state index contributed by atoms with van der Waals surface area (Å²) in [6.07, 6.45) is 0. The Morgan fingerprint density at radius 1 is 1.50 bits per heavy atom. The van der Waals surface area contributed by atoms with Crippen molar-refractivity contribution < 1.29 is 14.6 Å². The van der Waals surface area contributed by atoms with Crippen LogP contribution in [0.15, 0.2) is 24.3 Å². The van der Waals surface area contributed by atoms with Crippen molar-refractivity contribution in [2.24, 2.45) is 5.92 Å². The van der Waals surface area contributed by atoms with Gasteiger partial charge in [-0.1, -0.05) is 0 Å².